The van der Waals surface area contributed by atoms with Crippen LogP contribution < -0.4 is 5.73 Å². The second-order valence-corrected chi connectivity index (χ2v) is 6.17. The Bertz CT molecular complexity index is 445. The van der Waals surface area contributed by atoms with Gasteiger partial charge < -0.3 is 10.6 Å². The number of nitrogens with two attached hydrogens (primary N) is 1. The highest BCUT2D eigenvalue weighted by Gasteiger charge is 2.28. The van der Waals surface area contributed by atoms with Gasteiger partial charge in [0, 0.05) is 24.7 Å². The maximum Gasteiger partial charge on any atom is 0.254 e. The highest BCUT2D eigenvalue weighted by atomic mass is 35.5. The van der Waals surface area contributed by atoms with Gasteiger partial charge in [-0.25, -0.2) is 0 Å². The SMILES string of the molecule is CC(C)CCC1CCCN1C(=O)c1ccc(CN)cc1.Cl. The van der Waals surface area contributed by atoms with Gasteiger partial charge in [0.25, 0.3) is 5.91 Å². The van der Waals surface area contributed by atoms with Gasteiger partial charge in [0.15, 0.2) is 0 Å². The number of amides is 1. The third kappa shape index (κ3) is 4.72. The van der Waals surface area contributed by atoms with Crippen molar-refractivity contribution in [1.29, 1.82) is 0 Å². The van der Waals surface area contributed by atoms with E-state index in [-0.39, 0.29) is 18.3 Å². The van der Waals surface area contributed by atoms with E-state index in [0.717, 1.165) is 36.9 Å². The molecule has 4 heteroatoms. The van der Waals surface area contributed by atoms with E-state index in [1.807, 2.05) is 24.3 Å². The van der Waals surface area contributed by atoms with Crippen LogP contribution in [0.4, 0.5) is 0 Å². The van der Waals surface area contributed by atoms with E-state index >= 15 is 0 Å². The summed E-state index contributed by atoms with van der Waals surface area (Å²) < 4.78 is 0. The molecule has 0 aromatic heterocycles. The number of hydrogen-bond donors (Lipinski definition) is 1. The van der Waals surface area contributed by atoms with Gasteiger partial charge in [0.1, 0.15) is 0 Å². The Kier molecular flexibility index (Phi) is 7.20. The first-order valence-corrected chi connectivity index (χ1v) is 7.71. The summed E-state index contributed by atoms with van der Waals surface area (Å²) in [5, 5.41) is 0. The van der Waals surface area contributed by atoms with Gasteiger partial charge in [-0.05, 0) is 49.3 Å². The molecule has 1 atom stereocenters. The molecule has 2 N–H and O–H groups in total. The zero-order valence-corrected chi connectivity index (χ0v) is 13.9. The molecule has 3 nitrogen and oxygen atoms in total. The zero-order chi connectivity index (χ0) is 14.5. The van der Waals surface area contributed by atoms with Crippen molar-refractivity contribution < 1.29 is 4.79 Å². The van der Waals surface area contributed by atoms with E-state index in [1.165, 1.54) is 6.42 Å². The number of benzene rings is 1. The summed E-state index contributed by atoms with van der Waals surface area (Å²) in [7, 11) is 0. The number of likely N-dealkylation sites (tertiary alicyclic amines) is 1. The number of nitrogens with zero attached hydrogens (tertiary/aromatic N) is 1. The van der Waals surface area contributed by atoms with Crippen molar-refractivity contribution in [2.24, 2.45) is 11.7 Å². The van der Waals surface area contributed by atoms with E-state index in [0.29, 0.717) is 18.5 Å². The van der Waals surface area contributed by atoms with Crippen LogP contribution in [0.5, 0.6) is 0 Å². The second kappa shape index (κ2) is 8.40. The standard InChI is InChI=1S/C17H26N2O.ClH/c1-13(2)5-10-16-4-3-11-19(16)17(20)15-8-6-14(12-18)7-9-15;/h6-9,13,16H,3-5,10-12,18H2,1-2H3;1H. The lowest BCUT2D eigenvalue weighted by atomic mass is 10.0. The highest BCUT2D eigenvalue weighted by molar-refractivity contribution is 5.94. The molecule has 21 heavy (non-hydrogen) atoms. The molecular formula is C17H27ClN2O. The van der Waals surface area contributed by atoms with E-state index in [1.54, 1.807) is 0 Å². The average Bonchev–Trinajstić information content (AvgIpc) is 2.93. The Morgan fingerprint density at radius 3 is 2.57 bits per heavy atom. The van der Waals surface area contributed by atoms with Gasteiger partial charge in [-0.1, -0.05) is 26.0 Å². The monoisotopic (exact) mass is 310 g/mol. The van der Waals surface area contributed by atoms with Gasteiger partial charge >= 0.3 is 0 Å². The van der Waals surface area contributed by atoms with Gasteiger partial charge in [0.05, 0.1) is 0 Å². The Hall–Kier alpha value is -1.06. The lowest BCUT2D eigenvalue weighted by molar-refractivity contribution is 0.0726. The molecule has 118 valence electrons. The number of carbonyl (C=O) groups excluding carboxylic acids is 1. The van der Waals surface area contributed by atoms with Crippen molar-refractivity contribution in [2.45, 2.75) is 52.1 Å². The Balaban J connectivity index is 0.00000220. The predicted octanol–water partition coefficient (Wildman–Crippen LogP) is 3.61. The van der Waals surface area contributed by atoms with Crippen LogP contribution in [0.15, 0.2) is 24.3 Å². The molecular weight excluding hydrogens is 284 g/mol. The normalized spacial score (nSPS) is 17.9. The van der Waals surface area contributed by atoms with Crippen LogP contribution >= 0.6 is 12.4 Å². The largest absolute Gasteiger partial charge is 0.336 e. The maximum atomic E-state index is 12.6. The molecule has 1 aliphatic rings. The molecule has 0 spiro atoms. The molecule has 0 aliphatic carbocycles. The van der Waals surface area contributed by atoms with Gasteiger partial charge in [-0.15, -0.1) is 12.4 Å². The zero-order valence-electron chi connectivity index (χ0n) is 13.0. The van der Waals surface area contributed by atoms with Crippen LogP contribution in [-0.2, 0) is 6.54 Å². The molecule has 0 bridgehead atoms. The van der Waals surface area contributed by atoms with Crippen LogP contribution in [0.2, 0.25) is 0 Å². The summed E-state index contributed by atoms with van der Waals surface area (Å²) in [6, 6.07) is 8.14. The number of halogens is 1. The fourth-order valence-electron chi connectivity index (χ4n) is 2.88. The molecule has 1 saturated heterocycles. The van der Waals surface area contributed by atoms with Crippen LogP contribution in [-0.4, -0.2) is 23.4 Å². The van der Waals surface area contributed by atoms with Crippen LogP contribution in [0, 0.1) is 5.92 Å². The average molecular weight is 311 g/mol. The van der Waals surface area contributed by atoms with Crippen molar-refractivity contribution in [1.82, 2.24) is 4.90 Å². The minimum absolute atomic E-state index is 0. The quantitative estimate of drug-likeness (QED) is 0.903. The lowest BCUT2D eigenvalue weighted by Crippen LogP contribution is -2.35. The maximum absolute atomic E-state index is 12.6. The van der Waals surface area contributed by atoms with Crippen LogP contribution in [0.1, 0.15) is 55.5 Å². The third-order valence-electron chi connectivity index (χ3n) is 4.15. The Morgan fingerprint density at radius 1 is 1.33 bits per heavy atom. The molecule has 1 aromatic rings. The predicted molar refractivity (Wildman–Crippen MR) is 89.7 cm³/mol. The summed E-state index contributed by atoms with van der Waals surface area (Å²) in [6.07, 6.45) is 4.61. The summed E-state index contributed by atoms with van der Waals surface area (Å²) in [6.45, 7) is 5.91. The number of carbonyl (C=O) groups is 1. The Morgan fingerprint density at radius 2 is 2.00 bits per heavy atom. The topological polar surface area (TPSA) is 46.3 Å². The first kappa shape index (κ1) is 18.0. The molecule has 2 rings (SSSR count). The second-order valence-electron chi connectivity index (χ2n) is 6.17. The van der Waals surface area contributed by atoms with Crippen molar-refractivity contribution in [3.8, 4) is 0 Å². The first-order chi connectivity index (χ1) is 9.61. The van der Waals surface area contributed by atoms with E-state index in [9.17, 15) is 4.79 Å². The molecule has 0 radical (unpaired) electrons. The van der Waals surface area contributed by atoms with Gasteiger partial charge in [-0.3, -0.25) is 4.79 Å². The van der Waals surface area contributed by atoms with E-state index in [4.69, 9.17) is 5.73 Å². The number of hydrogen-bond acceptors (Lipinski definition) is 2. The van der Waals surface area contributed by atoms with Crippen LogP contribution in [0.25, 0.3) is 0 Å². The molecule has 1 amide bonds. The third-order valence-corrected chi connectivity index (χ3v) is 4.15. The molecule has 1 unspecified atom stereocenters. The van der Waals surface area contributed by atoms with Crippen LogP contribution in [0.3, 0.4) is 0 Å². The lowest BCUT2D eigenvalue weighted by Gasteiger charge is -2.25. The summed E-state index contributed by atoms with van der Waals surface area (Å²) in [5.74, 6) is 0.885. The van der Waals surface area contributed by atoms with E-state index < -0.39 is 0 Å². The molecule has 0 saturated carbocycles. The summed E-state index contributed by atoms with van der Waals surface area (Å²) in [5.41, 5.74) is 7.45. The molecule has 1 aromatic carbocycles. The fraction of sp³-hybridized carbons (Fsp3) is 0.588. The molecule has 1 heterocycles. The van der Waals surface area contributed by atoms with Crippen molar-refractivity contribution in [3.63, 3.8) is 0 Å². The first-order valence-electron chi connectivity index (χ1n) is 7.71. The highest BCUT2D eigenvalue weighted by Crippen LogP contribution is 2.25. The molecule has 1 aliphatic heterocycles. The minimum atomic E-state index is 0. The summed E-state index contributed by atoms with van der Waals surface area (Å²) in [4.78, 5) is 14.7. The molecule has 1 fully saturated rings. The smallest absolute Gasteiger partial charge is 0.254 e. The van der Waals surface area contributed by atoms with E-state index in [2.05, 4.69) is 18.7 Å². The summed E-state index contributed by atoms with van der Waals surface area (Å²) >= 11 is 0. The number of rotatable bonds is 5. The van der Waals surface area contributed by atoms with Crippen molar-refractivity contribution >= 4 is 18.3 Å². The fourth-order valence-corrected chi connectivity index (χ4v) is 2.88. The van der Waals surface area contributed by atoms with Crippen molar-refractivity contribution in [2.75, 3.05) is 6.54 Å². The van der Waals surface area contributed by atoms with Gasteiger partial charge in [-0.2, -0.15) is 0 Å². The Labute approximate surface area is 134 Å². The van der Waals surface area contributed by atoms with Gasteiger partial charge in [0.2, 0.25) is 0 Å². The minimum Gasteiger partial charge on any atom is -0.336 e. The van der Waals surface area contributed by atoms with Crippen molar-refractivity contribution in [3.05, 3.63) is 35.4 Å².